The fourth-order valence-electron chi connectivity index (χ4n) is 2.26. The zero-order valence-electron chi connectivity index (χ0n) is 10.9. The van der Waals surface area contributed by atoms with Crippen molar-refractivity contribution in [2.45, 2.75) is 36.6 Å². The molecular weight excluding hydrogens is 286 g/mol. The van der Waals surface area contributed by atoms with Crippen molar-refractivity contribution in [2.75, 3.05) is 12.3 Å². The predicted octanol–water partition coefficient (Wildman–Crippen LogP) is 2.11. The molecule has 0 bridgehead atoms. The summed E-state index contributed by atoms with van der Waals surface area (Å²) >= 11 is 0. The highest BCUT2D eigenvalue weighted by atomic mass is 32.2. The second-order valence-electron chi connectivity index (χ2n) is 5.56. The highest BCUT2D eigenvalue weighted by molar-refractivity contribution is 7.89. The van der Waals surface area contributed by atoms with E-state index < -0.39 is 26.6 Å². The molecule has 0 aliphatic heterocycles. The molecule has 0 saturated heterocycles. The largest absolute Gasteiger partial charge is 0.399 e. The van der Waals surface area contributed by atoms with E-state index in [1.54, 1.807) is 0 Å². The van der Waals surface area contributed by atoms with Gasteiger partial charge in [-0.2, -0.15) is 4.31 Å². The summed E-state index contributed by atoms with van der Waals surface area (Å²) in [5.41, 5.74) is 5.35. The summed E-state index contributed by atoms with van der Waals surface area (Å²) in [6.45, 7) is 0.392. The van der Waals surface area contributed by atoms with Crippen molar-refractivity contribution >= 4 is 15.7 Å². The normalized spacial score (nSPS) is 19.6. The van der Waals surface area contributed by atoms with Crippen LogP contribution in [0.2, 0.25) is 0 Å². The van der Waals surface area contributed by atoms with E-state index in [4.69, 9.17) is 5.73 Å². The Kier molecular flexibility index (Phi) is 3.21. The summed E-state index contributed by atoms with van der Waals surface area (Å²) < 4.78 is 53.7. The molecule has 2 aliphatic rings. The third-order valence-corrected chi connectivity index (χ3v) is 5.61. The van der Waals surface area contributed by atoms with Crippen LogP contribution in [0.1, 0.15) is 25.7 Å². The first-order valence-corrected chi connectivity index (χ1v) is 8.10. The van der Waals surface area contributed by atoms with Gasteiger partial charge in [-0.05, 0) is 43.7 Å². The lowest BCUT2D eigenvalue weighted by Crippen LogP contribution is -2.35. The van der Waals surface area contributed by atoms with Crippen LogP contribution in [0.15, 0.2) is 17.0 Å². The fourth-order valence-corrected chi connectivity index (χ4v) is 4.13. The molecule has 110 valence electrons. The molecule has 4 nitrogen and oxygen atoms in total. The summed E-state index contributed by atoms with van der Waals surface area (Å²) in [6.07, 6.45) is 3.54. The van der Waals surface area contributed by atoms with Crippen LogP contribution in [0.4, 0.5) is 14.5 Å². The van der Waals surface area contributed by atoms with Gasteiger partial charge in [-0.3, -0.25) is 0 Å². The van der Waals surface area contributed by atoms with Gasteiger partial charge in [0.1, 0.15) is 4.90 Å². The molecule has 2 fully saturated rings. The Morgan fingerprint density at radius 3 is 2.40 bits per heavy atom. The van der Waals surface area contributed by atoms with Gasteiger partial charge in [0.05, 0.1) is 0 Å². The van der Waals surface area contributed by atoms with Crippen molar-refractivity contribution in [3.63, 3.8) is 0 Å². The molecular formula is C13H16F2N2O2S. The number of nitrogens with two attached hydrogens (primary N) is 1. The summed E-state index contributed by atoms with van der Waals surface area (Å²) in [5.74, 6) is -2.23. The van der Waals surface area contributed by atoms with Gasteiger partial charge in [0.25, 0.3) is 0 Å². The number of nitrogen functional groups attached to an aromatic ring is 1. The molecule has 2 N–H and O–H groups in total. The second kappa shape index (κ2) is 4.66. The number of anilines is 1. The van der Waals surface area contributed by atoms with Gasteiger partial charge >= 0.3 is 0 Å². The monoisotopic (exact) mass is 302 g/mol. The van der Waals surface area contributed by atoms with E-state index in [2.05, 4.69) is 0 Å². The van der Waals surface area contributed by atoms with Crippen molar-refractivity contribution in [1.82, 2.24) is 4.31 Å². The fraction of sp³-hybridized carbons (Fsp3) is 0.538. The van der Waals surface area contributed by atoms with E-state index >= 15 is 0 Å². The predicted molar refractivity (Wildman–Crippen MR) is 70.4 cm³/mol. The lowest BCUT2D eigenvalue weighted by molar-refractivity contribution is 0.383. The van der Waals surface area contributed by atoms with E-state index in [9.17, 15) is 17.2 Å². The first-order chi connectivity index (χ1) is 9.39. The van der Waals surface area contributed by atoms with E-state index in [-0.39, 0.29) is 11.7 Å². The van der Waals surface area contributed by atoms with Gasteiger partial charge in [0.2, 0.25) is 10.0 Å². The van der Waals surface area contributed by atoms with Crippen LogP contribution in [0.5, 0.6) is 0 Å². The van der Waals surface area contributed by atoms with E-state index in [1.807, 2.05) is 0 Å². The topological polar surface area (TPSA) is 63.4 Å². The molecule has 1 aromatic rings. The van der Waals surface area contributed by atoms with E-state index in [0.717, 1.165) is 37.8 Å². The standard InChI is InChI=1S/C13H16F2N2O2S/c14-11-5-9(16)6-12(13(11)15)20(18,19)17(10-3-4-10)7-8-1-2-8/h5-6,8,10H,1-4,7,16H2. The van der Waals surface area contributed by atoms with Gasteiger partial charge < -0.3 is 5.73 Å². The zero-order valence-corrected chi connectivity index (χ0v) is 11.7. The summed E-state index contributed by atoms with van der Waals surface area (Å²) in [6, 6.07) is 1.71. The van der Waals surface area contributed by atoms with Gasteiger partial charge in [0, 0.05) is 18.3 Å². The number of hydrogen-bond donors (Lipinski definition) is 1. The molecule has 0 heterocycles. The third kappa shape index (κ3) is 2.52. The minimum Gasteiger partial charge on any atom is -0.399 e. The lowest BCUT2D eigenvalue weighted by atomic mass is 10.3. The van der Waals surface area contributed by atoms with Gasteiger partial charge in [-0.15, -0.1) is 0 Å². The van der Waals surface area contributed by atoms with Crippen molar-refractivity contribution in [2.24, 2.45) is 5.92 Å². The van der Waals surface area contributed by atoms with Crippen molar-refractivity contribution in [1.29, 1.82) is 0 Å². The Labute approximate surface area is 116 Å². The SMILES string of the molecule is Nc1cc(F)c(F)c(S(=O)(=O)N(CC2CC2)C2CC2)c1. The highest BCUT2D eigenvalue weighted by Crippen LogP contribution is 2.38. The molecule has 2 saturated carbocycles. The average Bonchev–Trinajstić information content (AvgIpc) is 3.24. The zero-order chi connectivity index (χ0) is 14.5. The Morgan fingerprint density at radius 2 is 1.85 bits per heavy atom. The minimum atomic E-state index is -4.03. The Morgan fingerprint density at radius 1 is 1.20 bits per heavy atom. The Hall–Kier alpha value is -1.21. The molecule has 0 spiro atoms. The number of hydrogen-bond acceptors (Lipinski definition) is 3. The number of benzene rings is 1. The Balaban J connectivity index is 2.01. The van der Waals surface area contributed by atoms with Crippen LogP contribution in [-0.4, -0.2) is 25.3 Å². The molecule has 20 heavy (non-hydrogen) atoms. The third-order valence-electron chi connectivity index (χ3n) is 3.69. The number of sulfonamides is 1. The molecule has 0 aromatic heterocycles. The highest BCUT2D eigenvalue weighted by Gasteiger charge is 2.42. The molecule has 7 heteroatoms. The lowest BCUT2D eigenvalue weighted by Gasteiger charge is -2.22. The van der Waals surface area contributed by atoms with Crippen LogP contribution in [-0.2, 0) is 10.0 Å². The summed E-state index contributed by atoms with van der Waals surface area (Å²) in [5, 5.41) is 0. The minimum absolute atomic E-state index is 0.0792. The van der Waals surface area contributed by atoms with Gasteiger partial charge in [0.15, 0.2) is 11.6 Å². The van der Waals surface area contributed by atoms with E-state index in [1.165, 1.54) is 4.31 Å². The molecule has 3 rings (SSSR count). The van der Waals surface area contributed by atoms with Gasteiger partial charge in [-0.25, -0.2) is 17.2 Å². The van der Waals surface area contributed by atoms with Crippen LogP contribution in [0, 0.1) is 17.6 Å². The summed E-state index contributed by atoms with van der Waals surface area (Å²) in [4.78, 5) is -0.650. The van der Waals surface area contributed by atoms with E-state index in [0.29, 0.717) is 12.5 Å². The van der Waals surface area contributed by atoms with Crippen LogP contribution >= 0.6 is 0 Å². The van der Waals surface area contributed by atoms with Crippen molar-refractivity contribution in [3.8, 4) is 0 Å². The summed E-state index contributed by atoms with van der Waals surface area (Å²) in [7, 11) is -4.03. The molecule has 0 amide bonds. The molecule has 0 unspecified atom stereocenters. The maximum atomic E-state index is 13.8. The Bertz CT molecular complexity index is 640. The van der Waals surface area contributed by atoms with Crippen molar-refractivity contribution < 1.29 is 17.2 Å². The molecule has 2 aliphatic carbocycles. The smallest absolute Gasteiger partial charge is 0.246 e. The van der Waals surface area contributed by atoms with Crippen molar-refractivity contribution in [3.05, 3.63) is 23.8 Å². The van der Waals surface area contributed by atoms with Crippen LogP contribution in [0.3, 0.4) is 0 Å². The number of nitrogens with zero attached hydrogens (tertiary/aromatic N) is 1. The molecule has 0 radical (unpaired) electrons. The second-order valence-corrected chi connectivity index (χ2v) is 7.42. The maximum Gasteiger partial charge on any atom is 0.246 e. The van der Waals surface area contributed by atoms with Gasteiger partial charge in [-0.1, -0.05) is 0 Å². The van der Waals surface area contributed by atoms with Crippen LogP contribution in [0.25, 0.3) is 0 Å². The number of rotatable bonds is 5. The first kappa shape index (κ1) is 13.8. The maximum absolute atomic E-state index is 13.8. The average molecular weight is 302 g/mol. The molecule has 1 aromatic carbocycles. The molecule has 0 atom stereocenters. The number of halogens is 2. The van der Waals surface area contributed by atoms with Crippen LogP contribution < -0.4 is 5.73 Å². The quantitative estimate of drug-likeness (QED) is 0.847. The first-order valence-electron chi connectivity index (χ1n) is 6.66.